The first-order valence-electron chi connectivity index (χ1n) is 11.4. The van der Waals surface area contributed by atoms with Gasteiger partial charge in [0.15, 0.2) is 0 Å². The van der Waals surface area contributed by atoms with Crippen molar-refractivity contribution in [2.75, 3.05) is 33.2 Å². The van der Waals surface area contributed by atoms with E-state index in [4.69, 9.17) is 16.3 Å². The van der Waals surface area contributed by atoms with Gasteiger partial charge in [-0.3, -0.25) is 9.59 Å². The van der Waals surface area contributed by atoms with Crippen LogP contribution in [0.3, 0.4) is 0 Å². The van der Waals surface area contributed by atoms with Gasteiger partial charge in [-0.25, -0.2) is 9.18 Å². The van der Waals surface area contributed by atoms with Gasteiger partial charge in [-0.15, -0.1) is 12.4 Å². The van der Waals surface area contributed by atoms with Gasteiger partial charge in [0.2, 0.25) is 0 Å². The van der Waals surface area contributed by atoms with Crippen molar-refractivity contribution in [3.63, 3.8) is 0 Å². The molecule has 3 heterocycles. The fourth-order valence-corrected chi connectivity index (χ4v) is 5.09. The van der Waals surface area contributed by atoms with E-state index in [0.717, 1.165) is 0 Å². The van der Waals surface area contributed by atoms with Crippen LogP contribution in [0.1, 0.15) is 49.6 Å². The number of piperidine rings is 1. The molecular weight excluding hydrogens is 510 g/mol. The van der Waals surface area contributed by atoms with Gasteiger partial charge < -0.3 is 25.3 Å². The summed E-state index contributed by atoms with van der Waals surface area (Å²) >= 11 is 6.13. The van der Waals surface area contributed by atoms with Gasteiger partial charge in [0.1, 0.15) is 17.1 Å². The van der Waals surface area contributed by atoms with Crippen LogP contribution in [-0.2, 0) is 10.3 Å². The number of hydrogen-bond donors (Lipinski definition) is 3. The van der Waals surface area contributed by atoms with Crippen molar-refractivity contribution in [1.29, 1.82) is 0 Å². The molecule has 5 rings (SSSR count). The fourth-order valence-electron chi connectivity index (χ4n) is 4.92. The zero-order valence-corrected chi connectivity index (χ0v) is 21.0. The van der Waals surface area contributed by atoms with E-state index in [1.807, 2.05) is 0 Å². The van der Waals surface area contributed by atoms with Crippen LogP contribution in [0.15, 0.2) is 36.4 Å². The molecule has 190 valence electrons. The number of carbonyl (C=O) groups is 3. The average Bonchev–Trinajstić information content (AvgIpc) is 3.34. The van der Waals surface area contributed by atoms with E-state index in [1.54, 1.807) is 36.2 Å². The number of hydrogen-bond acceptors (Lipinski definition) is 5. The Morgan fingerprint density at radius 3 is 2.64 bits per heavy atom. The van der Waals surface area contributed by atoms with E-state index < -0.39 is 17.4 Å². The largest absolute Gasteiger partial charge is 0.450 e. The van der Waals surface area contributed by atoms with Gasteiger partial charge >= 0.3 is 5.97 Å². The Labute approximate surface area is 217 Å². The third-order valence-corrected chi connectivity index (χ3v) is 6.94. The average molecular weight is 535 g/mol. The molecule has 1 saturated heterocycles. The minimum absolute atomic E-state index is 0. The molecule has 3 N–H and O–H groups in total. The summed E-state index contributed by atoms with van der Waals surface area (Å²) in [5.74, 6) is -1.72. The number of amides is 2. The van der Waals surface area contributed by atoms with E-state index in [-0.39, 0.29) is 41.0 Å². The highest BCUT2D eigenvalue weighted by Crippen LogP contribution is 2.44. The minimum Gasteiger partial charge on any atom is -0.450 e. The first kappa shape index (κ1) is 25.9. The molecule has 0 unspecified atom stereocenters. The fraction of sp³-hybridized carbons (Fsp3) is 0.320. The molecule has 0 aliphatic carbocycles. The lowest BCUT2D eigenvalue weighted by molar-refractivity contribution is -0.0389. The predicted octanol–water partition coefficient (Wildman–Crippen LogP) is 3.63. The van der Waals surface area contributed by atoms with E-state index in [9.17, 15) is 18.8 Å². The van der Waals surface area contributed by atoms with Crippen LogP contribution in [-0.4, -0.2) is 60.9 Å². The number of aromatic nitrogens is 1. The first-order chi connectivity index (χ1) is 16.8. The van der Waals surface area contributed by atoms with Gasteiger partial charge in [0.05, 0.1) is 11.1 Å². The number of likely N-dealkylation sites (N-methyl/N-ethyl adjacent to an activating group) is 1. The van der Waals surface area contributed by atoms with Gasteiger partial charge in [-0.2, -0.15) is 0 Å². The van der Waals surface area contributed by atoms with Crippen molar-refractivity contribution < 1.29 is 23.5 Å². The summed E-state index contributed by atoms with van der Waals surface area (Å²) in [4.78, 5) is 43.7. The minimum atomic E-state index is -0.877. The van der Waals surface area contributed by atoms with Gasteiger partial charge in [0.25, 0.3) is 11.8 Å². The van der Waals surface area contributed by atoms with E-state index in [2.05, 4.69) is 15.6 Å². The molecule has 1 aromatic heterocycles. The summed E-state index contributed by atoms with van der Waals surface area (Å²) in [7, 11) is 1.78. The van der Waals surface area contributed by atoms with Crippen molar-refractivity contribution in [1.82, 2.24) is 20.5 Å². The predicted molar refractivity (Wildman–Crippen MR) is 135 cm³/mol. The summed E-state index contributed by atoms with van der Waals surface area (Å²) in [6.07, 6.45) is 0.752. The Bertz CT molecular complexity index is 1350. The Morgan fingerprint density at radius 2 is 1.92 bits per heavy atom. The molecule has 2 aliphatic heterocycles. The SMILES string of the molecule is CNCCNC(=O)c1[nH]c2cc(Cl)ccc2c1C(=O)N1CCC2(CC1)OC(=O)c1cc(F)ccc12.Cl. The molecule has 0 radical (unpaired) electrons. The lowest BCUT2D eigenvalue weighted by atomic mass is 9.83. The first-order valence-corrected chi connectivity index (χ1v) is 11.8. The molecule has 1 spiro atoms. The molecule has 2 aromatic carbocycles. The standard InChI is InChI=1S/C25H24ClFN4O4.ClH/c1-28-8-9-29-22(32)21-20(16-4-2-14(26)12-19(16)30-21)23(33)31-10-6-25(7-11-31)18-5-3-15(27)13-17(18)24(34)35-25;/h2-5,12-13,28,30H,6-11H2,1H3,(H,29,32);1H. The van der Waals surface area contributed by atoms with Crippen molar-refractivity contribution in [2.24, 2.45) is 0 Å². The number of benzene rings is 2. The van der Waals surface area contributed by atoms with Crippen molar-refractivity contribution >= 4 is 52.7 Å². The van der Waals surface area contributed by atoms with Crippen LogP contribution >= 0.6 is 24.0 Å². The van der Waals surface area contributed by atoms with Gasteiger partial charge in [-0.05, 0) is 31.3 Å². The normalized spacial score (nSPS) is 16.0. The van der Waals surface area contributed by atoms with Crippen LogP contribution in [0, 0.1) is 5.82 Å². The smallest absolute Gasteiger partial charge is 0.339 e. The molecular formula is C25H25Cl2FN4O4. The third kappa shape index (κ3) is 4.42. The lowest BCUT2D eigenvalue weighted by Gasteiger charge is -2.38. The number of halogens is 3. The number of esters is 1. The molecule has 3 aromatic rings. The van der Waals surface area contributed by atoms with Gasteiger partial charge in [0, 0.05) is 60.5 Å². The number of nitrogens with zero attached hydrogens (tertiary/aromatic N) is 1. The summed E-state index contributed by atoms with van der Waals surface area (Å²) in [5, 5.41) is 6.86. The second kappa shape index (κ2) is 10.1. The zero-order valence-electron chi connectivity index (χ0n) is 19.5. The number of carbonyl (C=O) groups excluding carboxylic acids is 3. The van der Waals surface area contributed by atoms with E-state index in [1.165, 1.54) is 12.1 Å². The van der Waals surface area contributed by atoms with Crippen LogP contribution in [0.2, 0.25) is 5.02 Å². The zero-order chi connectivity index (χ0) is 24.7. The maximum Gasteiger partial charge on any atom is 0.339 e. The Kier molecular flexibility index (Phi) is 7.26. The molecule has 36 heavy (non-hydrogen) atoms. The molecule has 2 aliphatic rings. The van der Waals surface area contributed by atoms with Crippen molar-refractivity contribution in [3.8, 4) is 0 Å². The lowest BCUT2D eigenvalue weighted by Crippen LogP contribution is -2.45. The molecule has 0 bridgehead atoms. The van der Waals surface area contributed by atoms with E-state index in [0.29, 0.717) is 60.5 Å². The summed E-state index contributed by atoms with van der Waals surface area (Å²) in [5.41, 5.74) is 1.06. The highest BCUT2D eigenvalue weighted by molar-refractivity contribution is 6.31. The number of H-pyrrole nitrogens is 1. The van der Waals surface area contributed by atoms with E-state index >= 15 is 0 Å². The number of rotatable bonds is 5. The second-order valence-electron chi connectivity index (χ2n) is 8.79. The molecule has 1 fully saturated rings. The molecule has 8 nitrogen and oxygen atoms in total. The second-order valence-corrected chi connectivity index (χ2v) is 9.23. The number of ether oxygens (including phenoxy) is 1. The topological polar surface area (TPSA) is 104 Å². The van der Waals surface area contributed by atoms with Crippen LogP contribution in [0.4, 0.5) is 4.39 Å². The molecule has 11 heteroatoms. The maximum absolute atomic E-state index is 13.7. The summed E-state index contributed by atoms with van der Waals surface area (Å²) in [6, 6.07) is 9.18. The van der Waals surface area contributed by atoms with Crippen LogP contribution in [0.5, 0.6) is 0 Å². The Morgan fingerprint density at radius 1 is 1.17 bits per heavy atom. The molecule has 2 amide bonds. The van der Waals surface area contributed by atoms with Gasteiger partial charge in [-0.1, -0.05) is 23.7 Å². The summed E-state index contributed by atoms with van der Waals surface area (Å²) in [6.45, 7) is 1.60. The number of nitrogens with one attached hydrogen (secondary N) is 3. The van der Waals surface area contributed by atoms with Crippen LogP contribution in [0.25, 0.3) is 10.9 Å². The third-order valence-electron chi connectivity index (χ3n) is 6.70. The maximum atomic E-state index is 13.7. The van der Waals surface area contributed by atoms with Crippen molar-refractivity contribution in [2.45, 2.75) is 18.4 Å². The molecule has 0 saturated carbocycles. The monoisotopic (exact) mass is 534 g/mol. The highest BCUT2D eigenvalue weighted by Gasteiger charge is 2.48. The molecule has 0 atom stereocenters. The quantitative estimate of drug-likeness (QED) is 0.342. The highest BCUT2D eigenvalue weighted by atomic mass is 35.5. The number of fused-ring (bicyclic) bond motifs is 3. The number of aromatic amines is 1. The summed E-state index contributed by atoms with van der Waals surface area (Å²) < 4.78 is 19.4. The Balaban J connectivity index is 0.00000304. The Hall–Kier alpha value is -3.14. The van der Waals surface area contributed by atoms with Crippen LogP contribution < -0.4 is 10.6 Å². The van der Waals surface area contributed by atoms with Crippen molar-refractivity contribution in [3.05, 3.63) is 69.6 Å². The number of likely N-dealkylation sites (tertiary alicyclic amines) is 1.